The van der Waals surface area contributed by atoms with Crippen molar-refractivity contribution in [2.24, 2.45) is 5.92 Å². The summed E-state index contributed by atoms with van der Waals surface area (Å²) in [5, 5.41) is 2.69. The topological polar surface area (TPSA) is 58.6 Å². The van der Waals surface area contributed by atoms with E-state index in [0.29, 0.717) is 25.6 Å². The maximum absolute atomic E-state index is 12.2. The minimum atomic E-state index is -0.143. The van der Waals surface area contributed by atoms with Crippen LogP contribution in [0, 0.1) is 5.92 Å². The zero-order valence-electron chi connectivity index (χ0n) is 13.7. The molecular formula is C17H26N2O3. The molecule has 122 valence electrons. The number of amides is 2. The van der Waals surface area contributed by atoms with Crippen molar-refractivity contribution >= 4 is 11.8 Å². The molecule has 0 unspecified atom stereocenters. The molecule has 0 aromatic heterocycles. The van der Waals surface area contributed by atoms with Gasteiger partial charge in [0.05, 0.1) is 19.6 Å². The molecule has 0 aliphatic carbocycles. The molecule has 0 spiro atoms. The quantitative estimate of drug-likeness (QED) is 0.752. The van der Waals surface area contributed by atoms with Crippen LogP contribution in [0.4, 0.5) is 0 Å². The summed E-state index contributed by atoms with van der Waals surface area (Å²) in [6.07, 6.45) is 0.288. The highest BCUT2D eigenvalue weighted by molar-refractivity contribution is 5.85. The van der Waals surface area contributed by atoms with E-state index >= 15 is 0 Å². The molecule has 0 saturated carbocycles. The number of rotatable bonds is 9. The monoisotopic (exact) mass is 306 g/mol. The highest BCUT2D eigenvalue weighted by Gasteiger charge is 2.15. The summed E-state index contributed by atoms with van der Waals surface area (Å²) < 4.78 is 5.03. The summed E-state index contributed by atoms with van der Waals surface area (Å²) in [6, 6.07) is 9.48. The summed E-state index contributed by atoms with van der Waals surface area (Å²) >= 11 is 0. The predicted octanol–water partition coefficient (Wildman–Crippen LogP) is 1.48. The molecule has 0 radical (unpaired) electrons. The van der Waals surface area contributed by atoms with Gasteiger partial charge in [-0.1, -0.05) is 44.2 Å². The molecular weight excluding hydrogens is 280 g/mol. The van der Waals surface area contributed by atoms with E-state index in [4.69, 9.17) is 4.74 Å². The van der Waals surface area contributed by atoms with Crippen LogP contribution in [0.5, 0.6) is 0 Å². The Bertz CT molecular complexity index is 460. The van der Waals surface area contributed by atoms with Crippen molar-refractivity contribution in [3.05, 3.63) is 35.9 Å². The first-order valence-corrected chi connectivity index (χ1v) is 7.60. The molecule has 2 amide bonds. The third-order valence-corrected chi connectivity index (χ3v) is 3.15. The summed E-state index contributed by atoms with van der Waals surface area (Å²) in [5.41, 5.74) is 0.936. The zero-order chi connectivity index (χ0) is 16.4. The third kappa shape index (κ3) is 7.22. The zero-order valence-corrected chi connectivity index (χ0v) is 13.7. The van der Waals surface area contributed by atoms with Crippen LogP contribution in [0.25, 0.3) is 0 Å². The van der Waals surface area contributed by atoms with Crippen LogP contribution in [-0.2, 0) is 20.7 Å². The van der Waals surface area contributed by atoms with Crippen molar-refractivity contribution in [2.75, 3.05) is 33.4 Å². The average Bonchev–Trinajstić information content (AvgIpc) is 2.49. The molecule has 5 heteroatoms. The smallest absolute Gasteiger partial charge is 0.242 e. The molecule has 0 aliphatic rings. The van der Waals surface area contributed by atoms with Gasteiger partial charge in [0.1, 0.15) is 0 Å². The van der Waals surface area contributed by atoms with Gasteiger partial charge < -0.3 is 15.0 Å². The molecule has 0 heterocycles. The number of ether oxygens (including phenoxy) is 1. The van der Waals surface area contributed by atoms with Crippen molar-refractivity contribution in [2.45, 2.75) is 20.3 Å². The van der Waals surface area contributed by atoms with Gasteiger partial charge in [0.15, 0.2) is 0 Å². The minimum absolute atomic E-state index is 0.0299. The molecule has 0 fully saturated rings. The number of hydrogen-bond donors (Lipinski definition) is 1. The molecule has 1 aromatic rings. The molecule has 0 aliphatic heterocycles. The first kappa shape index (κ1) is 18.2. The van der Waals surface area contributed by atoms with E-state index in [0.717, 1.165) is 5.56 Å². The summed E-state index contributed by atoms with van der Waals surface area (Å²) in [6.45, 7) is 5.85. The van der Waals surface area contributed by atoms with E-state index in [1.54, 1.807) is 12.0 Å². The number of carbonyl (C=O) groups is 2. The van der Waals surface area contributed by atoms with Gasteiger partial charge in [0.25, 0.3) is 0 Å². The largest absolute Gasteiger partial charge is 0.383 e. The van der Waals surface area contributed by atoms with Crippen LogP contribution in [0.15, 0.2) is 30.3 Å². The number of carbonyl (C=O) groups excluding carboxylic acids is 2. The Morgan fingerprint density at radius 2 is 1.91 bits per heavy atom. The van der Waals surface area contributed by atoms with E-state index in [9.17, 15) is 9.59 Å². The molecule has 1 rings (SSSR count). The normalized spacial score (nSPS) is 10.5. The van der Waals surface area contributed by atoms with Crippen molar-refractivity contribution in [3.8, 4) is 0 Å². The number of hydrogen-bond acceptors (Lipinski definition) is 3. The lowest BCUT2D eigenvalue weighted by atomic mass is 10.1. The Hall–Kier alpha value is -1.88. The van der Waals surface area contributed by atoms with E-state index in [1.165, 1.54) is 0 Å². The van der Waals surface area contributed by atoms with Crippen molar-refractivity contribution in [1.29, 1.82) is 0 Å². The van der Waals surface area contributed by atoms with Gasteiger partial charge in [-0.3, -0.25) is 9.59 Å². The molecule has 1 N–H and O–H groups in total. The SMILES string of the molecule is COCCN(CC(C)C)C(=O)CNC(=O)Cc1ccccc1. The van der Waals surface area contributed by atoms with E-state index < -0.39 is 0 Å². The summed E-state index contributed by atoms with van der Waals surface area (Å²) in [4.78, 5) is 25.8. The van der Waals surface area contributed by atoms with Crippen LogP contribution in [-0.4, -0.2) is 50.1 Å². The van der Waals surface area contributed by atoms with Gasteiger partial charge >= 0.3 is 0 Å². The van der Waals surface area contributed by atoms with E-state index in [1.807, 2.05) is 30.3 Å². The third-order valence-electron chi connectivity index (χ3n) is 3.15. The van der Waals surface area contributed by atoms with Crippen molar-refractivity contribution in [1.82, 2.24) is 10.2 Å². The first-order valence-electron chi connectivity index (χ1n) is 7.60. The predicted molar refractivity (Wildman–Crippen MR) is 86.4 cm³/mol. The Morgan fingerprint density at radius 3 is 2.50 bits per heavy atom. The fourth-order valence-corrected chi connectivity index (χ4v) is 2.09. The van der Waals surface area contributed by atoms with Gasteiger partial charge in [0, 0.05) is 20.2 Å². The van der Waals surface area contributed by atoms with Crippen LogP contribution in [0.2, 0.25) is 0 Å². The molecule has 0 bridgehead atoms. The van der Waals surface area contributed by atoms with E-state index in [-0.39, 0.29) is 24.8 Å². The molecule has 0 atom stereocenters. The Balaban J connectivity index is 2.42. The fraction of sp³-hybridized carbons (Fsp3) is 0.529. The van der Waals surface area contributed by atoms with Crippen molar-refractivity contribution in [3.63, 3.8) is 0 Å². The van der Waals surface area contributed by atoms with Gasteiger partial charge in [-0.25, -0.2) is 0 Å². The minimum Gasteiger partial charge on any atom is -0.383 e. The fourth-order valence-electron chi connectivity index (χ4n) is 2.09. The summed E-state index contributed by atoms with van der Waals surface area (Å²) in [7, 11) is 1.61. The lowest BCUT2D eigenvalue weighted by Crippen LogP contribution is -2.43. The second-order valence-electron chi connectivity index (χ2n) is 5.67. The van der Waals surface area contributed by atoms with Crippen molar-refractivity contribution < 1.29 is 14.3 Å². The van der Waals surface area contributed by atoms with Crippen LogP contribution >= 0.6 is 0 Å². The summed E-state index contributed by atoms with van der Waals surface area (Å²) in [5.74, 6) is 0.156. The highest BCUT2D eigenvalue weighted by Crippen LogP contribution is 2.01. The molecule has 22 heavy (non-hydrogen) atoms. The van der Waals surface area contributed by atoms with Gasteiger partial charge in [-0.05, 0) is 11.5 Å². The lowest BCUT2D eigenvalue weighted by molar-refractivity contribution is -0.133. The molecule has 5 nitrogen and oxygen atoms in total. The van der Waals surface area contributed by atoms with Gasteiger partial charge in [0.2, 0.25) is 11.8 Å². The second-order valence-corrected chi connectivity index (χ2v) is 5.67. The molecule has 1 aromatic carbocycles. The number of benzene rings is 1. The first-order chi connectivity index (χ1) is 10.5. The Morgan fingerprint density at radius 1 is 1.23 bits per heavy atom. The van der Waals surface area contributed by atoms with Gasteiger partial charge in [-0.2, -0.15) is 0 Å². The lowest BCUT2D eigenvalue weighted by Gasteiger charge is -2.24. The Kier molecular flexibility index (Phi) is 8.22. The number of nitrogens with zero attached hydrogens (tertiary/aromatic N) is 1. The van der Waals surface area contributed by atoms with Crippen LogP contribution in [0.1, 0.15) is 19.4 Å². The van der Waals surface area contributed by atoms with Gasteiger partial charge in [-0.15, -0.1) is 0 Å². The Labute approximate surface area is 132 Å². The number of methoxy groups -OCH3 is 1. The second kappa shape index (κ2) is 9.95. The van der Waals surface area contributed by atoms with E-state index in [2.05, 4.69) is 19.2 Å². The van der Waals surface area contributed by atoms with Crippen LogP contribution in [0.3, 0.4) is 0 Å². The maximum atomic E-state index is 12.2. The van der Waals surface area contributed by atoms with Crippen LogP contribution < -0.4 is 5.32 Å². The molecule has 0 saturated heterocycles. The maximum Gasteiger partial charge on any atom is 0.242 e. The standard InChI is InChI=1S/C17H26N2O3/c1-14(2)13-19(9-10-22-3)17(21)12-18-16(20)11-15-7-5-4-6-8-15/h4-8,14H,9-13H2,1-3H3,(H,18,20). The number of nitrogens with one attached hydrogen (secondary N) is 1. The highest BCUT2D eigenvalue weighted by atomic mass is 16.5. The average molecular weight is 306 g/mol.